The number of ether oxygens (including phenoxy) is 1. The topological polar surface area (TPSA) is 84.0 Å². The Bertz CT molecular complexity index is 1200. The number of hydrogen-bond acceptors (Lipinski definition) is 5. The van der Waals surface area contributed by atoms with Crippen LogP contribution in [0, 0.1) is 36.5 Å². The molecule has 0 aromatic heterocycles. The van der Waals surface area contributed by atoms with Crippen LogP contribution < -0.4 is 14.5 Å². The van der Waals surface area contributed by atoms with E-state index in [0.717, 1.165) is 30.5 Å². The minimum Gasteiger partial charge on any atom is -0.424 e. The highest BCUT2D eigenvalue weighted by molar-refractivity contribution is 6.23. The average Bonchev–Trinajstić information content (AvgIpc) is 3.58. The minimum atomic E-state index is -0.624. The van der Waals surface area contributed by atoms with Crippen LogP contribution in [0.5, 0.6) is 5.75 Å². The van der Waals surface area contributed by atoms with Crippen LogP contribution in [0.15, 0.2) is 48.5 Å². The number of esters is 1. The maximum Gasteiger partial charge on any atom is 0.316 e. The molecule has 7 heteroatoms. The fraction of sp³-hybridized carbons (Fsp3) is 0.407. The average molecular weight is 459 g/mol. The Morgan fingerprint density at radius 2 is 1.65 bits per heavy atom. The monoisotopic (exact) mass is 458 g/mol. The quantitative estimate of drug-likeness (QED) is 0.398. The molecule has 0 spiro atoms. The second-order valence-corrected chi connectivity index (χ2v) is 10.0. The number of nitrogens with zero attached hydrogens (tertiary/aromatic N) is 2. The predicted octanol–water partition coefficient (Wildman–Crippen LogP) is 3.49. The summed E-state index contributed by atoms with van der Waals surface area (Å²) in [4.78, 5) is 55.0. The van der Waals surface area contributed by atoms with Crippen molar-refractivity contribution in [1.29, 1.82) is 0 Å². The highest BCUT2D eigenvalue weighted by Crippen LogP contribution is 2.57. The van der Waals surface area contributed by atoms with Gasteiger partial charge in [-0.3, -0.25) is 19.2 Å². The van der Waals surface area contributed by atoms with Crippen molar-refractivity contribution in [3.05, 3.63) is 54.1 Å². The molecule has 0 radical (unpaired) electrons. The number of hydrogen-bond donors (Lipinski definition) is 0. The van der Waals surface area contributed by atoms with Crippen LogP contribution in [0.3, 0.4) is 0 Å². The SMILES string of the molecule is Cc1cccc(N2C[C@H](C(=O)Oc3ccccc3N3C(=O)[C@H]4[C@@H]5CC[C@@H](C5)[C@@H]4C3=O)CC2=O)c1. The Kier molecular flexibility index (Phi) is 4.83. The lowest BCUT2D eigenvalue weighted by Crippen LogP contribution is -2.33. The molecule has 5 atom stereocenters. The van der Waals surface area contributed by atoms with E-state index in [-0.39, 0.29) is 60.1 Å². The first-order chi connectivity index (χ1) is 16.4. The lowest BCUT2D eigenvalue weighted by Gasteiger charge is -2.21. The van der Waals surface area contributed by atoms with Crippen molar-refractivity contribution in [2.75, 3.05) is 16.3 Å². The second-order valence-electron chi connectivity index (χ2n) is 10.0. The molecular weight excluding hydrogens is 432 g/mol. The number of carbonyl (C=O) groups excluding carboxylic acids is 4. The first kappa shape index (κ1) is 21.1. The van der Waals surface area contributed by atoms with E-state index in [4.69, 9.17) is 4.74 Å². The van der Waals surface area contributed by atoms with Crippen molar-refractivity contribution >= 4 is 35.1 Å². The molecule has 0 unspecified atom stereocenters. The molecule has 174 valence electrons. The van der Waals surface area contributed by atoms with Gasteiger partial charge in [-0.25, -0.2) is 4.90 Å². The van der Waals surface area contributed by atoms with E-state index in [1.54, 1.807) is 29.2 Å². The highest BCUT2D eigenvalue weighted by Gasteiger charge is 2.61. The van der Waals surface area contributed by atoms with E-state index in [0.29, 0.717) is 5.69 Å². The van der Waals surface area contributed by atoms with E-state index in [2.05, 4.69) is 0 Å². The molecule has 34 heavy (non-hydrogen) atoms. The van der Waals surface area contributed by atoms with Crippen LogP contribution in [-0.2, 0) is 19.2 Å². The van der Waals surface area contributed by atoms with Gasteiger partial charge >= 0.3 is 5.97 Å². The number of imide groups is 1. The number of fused-ring (bicyclic) bond motifs is 5. The molecule has 2 heterocycles. The van der Waals surface area contributed by atoms with Gasteiger partial charge in [-0.05, 0) is 67.9 Å². The third-order valence-corrected chi connectivity index (χ3v) is 8.02. The number of para-hydroxylation sites is 2. The smallest absolute Gasteiger partial charge is 0.316 e. The van der Waals surface area contributed by atoms with Crippen molar-refractivity contribution in [3.8, 4) is 5.75 Å². The molecule has 0 N–H and O–H groups in total. The number of rotatable bonds is 4. The minimum absolute atomic E-state index is 0.0595. The van der Waals surface area contributed by atoms with E-state index in [1.807, 2.05) is 31.2 Å². The molecule has 6 rings (SSSR count). The maximum absolute atomic E-state index is 13.3. The molecule has 2 saturated heterocycles. The fourth-order valence-corrected chi connectivity index (χ4v) is 6.48. The van der Waals surface area contributed by atoms with Crippen molar-refractivity contribution in [2.24, 2.45) is 29.6 Å². The van der Waals surface area contributed by atoms with Crippen LogP contribution >= 0.6 is 0 Å². The first-order valence-corrected chi connectivity index (χ1v) is 12.0. The van der Waals surface area contributed by atoms with Crippen molar-refractivity contribution < 1.29 is 23.9 Å². The fourth-order valence-electron chi connectivity index (χ4n) is 6.48. The molecule has 3 amide bonds. The number of aryl methyl sites for hydroxylation is 1. The summed E-state index contributed by atoms with van der Waals surface area (Å²) >= 11 is 0. The van der Waals surface area contributed by atoms with Crippen LogP contribution in [0.2, 0.25) is 0 Å². The van der Waals surface area contributed by atoms with Crippen LogP contribution in [0.1, 0.15) is 31.2 Å². The standard InChI is InChI=1S/C27H26N2O5/c1-15-5-4-6-19(11-15)28-14-18(13-22(28)30)27(33)34-21-8-3-2-7-20(21)29-25(31)23-16-9-10-17(12-16)24(23)26(29)32/h2-8,11,16-18,23-24H,9-10,12-14H2,1H3/t16-,17+,18-,23+,24+/m1/s1. The summed E-state index contributed by atoms with van der Waals surface area (Å²) < 4.78 is 5.72. The molecule has 2 saturated carbocycles. The third kappa shape index (κ3) is 3.17. The van der Waals surface area contributed by atoms with E-state index in [1.165, 1.54) is 4.90 Å². The van der Waals surface area contributed by atoms with Gasteiger partial charge in [0.2, 0.25) is 17.7 Å². The second kappa shape index (κ2) is 7.79. The third-order valence-electron chi connectivity index (χ3n) is 8.02. The number of benzene rings is 2. The Morgan fingerprint density at radius 1 is 0.941 bits per heavy atom. The summed E-state index contributed by atoms with van der Waals surface area (Å²) in [6.07, 6.45) is 3.03. The van der Waals surface area contributed by atoms with E-state index >= 15 is 0 Å². The van der Waals surface area contributed by atoms with Gasteiger partial charge in [-0.1, -0.05) is 24.3 Å². The summed E-state index contributed by atoms with van der Waals surface area (Å²) in [5, 5.41) is 0. The Hall–Kier alpha value is -3.48. The van der Waals surface area contributed by atoms with Crippen LogP contribution in [-0.4, -0.2) is 30.2 Å². The lowest BCUT2D eigenvalue weighted by molar-refractivity contribution is -0.139. The molecular formula is C27H26N2O5. The van der Waals surface area contributed by atoms with Crippen molar-refractivity contribution in [2.45, 2.75) is 32.6 Å². The van der Waals surface area contributed by atoms with Gasteiger partial charge < -0.3 is 9.64 Å². The number of amides is 3. The molecule has 2 aromatic rings. The zero-order valence-electron chi connectivity index (χ0n) is 19.0. The van der Waals surface area contributed by atoms with Crippen LogP contribution in [0.25, 0.3) is 0 Å². The highest BCUT2D eigenvalue weighted by atomic mass is 16.5. The summed E-state index contributed by atoms with van der Waals surface area (Å²) in [6.45, 7) is 2.19. The molecule has 2 bridgehead atoms. The van der Waals surface area contributed by atoms with Crippen molar-refractivity contribution in [3.63, 3.8) is 0 Å². The summed E-state index contributed by atoms with van der Waals surface area (Å²) in [5.41, 5.74) is 2.11. The van der Waals surface area contributed by atoms with Gasteiger partial charge in [0, 0.05) is 18.7 Å². The summed E-state index contributed by atoms with van der Waals surface area (Å²) in [5.74, 6) is -1.38. The molecule has 7 nitrogen and oxygen atoms in total. The normalized spacial score (nSPS) is 29.8. The zero-order valence-corrected chi connectivity index (χ0v) is 19.0. The van der Waals surface area contributed by atoms with Gasteiger partial charge in [0.05, 0.1) is 23.4 Å². The van der Waals surface area contributed by atoms with Gasteiger partial charge in [-0.2, -0.15) is 0 Å². The first-order valence-electron chi connectivity index (χ1n) is 12.0. The Balaban J connectivity index is 1.22. The van der Waals surface area contributed by atoms with Gasteiger partial charge in [0.1, 0.15) is 0 Å². The van der Waals surface area contributed by atoms with Gasteiger partial charge in [-0.15, -0.1) is 0 Å². The number of anilines is 2. The number of carbonyl (C=O) groups is 4. The largest absolute Gasteiger partial charge is 0.424 e. The predicted molar refractivity (Wildman–Crippen MR) is 124 cm³/mol. The summed E-state index contributed by atoms with van der Waals surface area (Å²) in [6, 6.07) is 14.3. The Morgan fingerprint density at radius 3 is 2.35 bits per heavy atom. The van der Waals surface area contributed by atoms with E-state index in [9.17, 15) is 19.2 Å². The summed E-state index contributed by atoms with van der Waals surface area (Å²) in [7, 11) is 0. The van der Waals surface area contributed by atoms with E-state index < -0.39 is 11.9 Å². The van der Waals surface area contributed by atoms with Crippen LogP contribution in [0.4, 0.5) is 11.4 Å². The molecule has 2 aliphatic heterocycles. The lowest BCUT2D eigenvalue weighted by atomic mass is 9.81. The molecule has 2 aromatic carbocycles. The molecule has 4 aliphatic rings. The molecule has 2 aliphatic carbocycles. The maximum atomic E-state index is 13.3. The van der Waals surface area contributed by atoms with Gasteiger partial charge in [0.15, 0.2) is 5.75 Å². The zero-order chi connectivity index (χ0) is 23.6. The van der Waals surface area contributed by atoms with Crippen molar-refractivity contribution in [1.82, 2.24) is 0 Å². The van der Waals surface area contributed by atoms with Gasteiger partial charge in [0.25, 0.3) is 0 Å². The Labute approximate surface area is 197 Å². The molecule has 4 fully saturated rings.